The van der Waals surface area contributed by atoms with Gasteiger partial charge < -0.3 is 15.7 Å². The van der Waals surface area contributed by atoms with Crippen LogP contribution in [0.1, 0.15) is 6.42 Å². The summed E-state index contributed by atoms with van der Waals surface area (Å²) < 4.78 is 24.2. The summed E-state index contributed by atoms with van der Waals surface area (Å²) in [6.45, 7) is -0.184. The number of carbonyl (C=O) groups is 1. The largest absolute Gasteiger partial charge is 0.396 e. The molecule has 3 N–H and O–H groups in total. The predicted molar refractivity (Wildman–Crippen MR) is 89.3 cm³/mol. The van der Waals surface area contributed by atoms with Gasteiger partial charge in [0.25, 0.3) is 0 Å². The highest BCUT2D eigenvalue weighted by Gasteiger charge is 2.14. The Kier molecular flexibility index (Phi) is 5.72. The summed E-state index contributed by atoms with van der Waals surface area (Å²) >= 11 is 0. The molecule has 0 radical (unpaired) electrons. The normalized spacial score (nSPS) is 11.0. The minimum absolute atomic E-state index is 0.114. The molecular weight excluding hydrogens is 316 g/mol. The van der Waals surface area contributed by atoms with E-state index < -0.39 is 15.9 Å². The van der Waals surface area contributed by atoms with Crippen molar-refractivity contribution in [2.24, 2.45) is 0 Å². The van der Waals surface area contributed by atoms with Gasteiger partial charge in [0.05, 0.1) is 10.6 Å². The summed E-state index contributed by atoms with van der Waals surface area (Å²) in [5, 5.41) is 14.0. The molecule has 2 aromatic rings. The van der Waals surface area contributed by atoms with Crippen LogP contribution >= 0.6 is 0 Å². The standard InChI is InChI=1S/C16H18N2O4S/c19-10-5-11-23(21,22)15-9-4-8-14(12-15)18-16(20)17-13-6-2-1-3-7-13/h1-4,6-9,12,19H,5,10-11H2,(H2,17,18,20). The molecule has 0 saturated carbocycles. The SMILES string of the molecule is O=C(Nc1ccccc1)Nc1cccc(S(=O)(=O)CCCO)c1. The number of nitrogens with one attached hydrogen (secondary N) is 2. The first-order valence-electron chi connectivity index (χ1n) is 7.08. The first kappa shape index (κ1) is 17.0. The minimum atomic E-state index is -3.47. The summed E-state index contributed by atoms with van der Waals surface area (Å²) in [6, 6.07) is 14.5. The lowest BCUT2D eigenvalue weighted by Gasteiger charge is -2.09. The number of aliphatic hydroxyl groups excluding tert-OH is 1. The first-order valence-corrected chi connectivity index (χ1v) is 8.73. The van der Waals surface area contributed by atoms with Crippen LogP contribution in [0.5, 0.6) is 0 Å². The van der Waals surface area contributed by atoms with Gasteiger partial charge in [0.2, 0.25) is 0 Å². The van der Waals surface area contributed by atoms with Crippen LogP contribution in [0, 0.1) is 0 Å². The van der Waals surface area contributed by atoms with Crippen LogP contribution < -0.4 is 10.6 Å². The van der Waals surface area contributed by atoms with Crippen molar-refractivity contribution in [3.05, 3.63) is 54.6 Å². The average molecular weight is 334 g/mol. The van der Waals surface area contributed by atoms with Gasteiger partial charge in [-0.15, -0.1) is 0 Å². The van der Waals surface area contributed by atoms with Gasteiger partial charge in [0.1, 0.15) is 0 Å². The summed E-state index contributed by atoms with van der Waals surface area (Å²) in [6.07, 6.45) is 0.175. The van der Waals surface area contributed by atoms with Crippen molar-refractivity contribution in [3.8, 4) is 0 Å². The maximum atomic E-state index is 12.1. The Labute approximate surface area is 135 Å². The van der Waals surface area contributed by atoms with E-state index in [0.29, 0.717) is 11.4 Å². The molecule has 0 heterocycles. The fourth-order valence-corrected chi connectivity index (χ4v) is 3.29. The second-order valence-electron chi connectivity index (χ2n) is 4.87. The molecule has 23 heavy (non-hydrogen) atoms. The third kappa shape index (κ3) is 5.08. The molecule has 0 spiro atoms. The zero-order valence-electron chi connectivity index (χ0n) is 12.4. The van der Waals surface area contributed by atoms with Crippen molar-refractivity contribution in [1.82, 2.24) is 0 Å². The van der Waals surface area contributed by atoms with E-state index in [2.05, 4.69) is 10.6 Å². The van der Waals surface area contributed by atoms with Crippen LogP contribution in [0.15, 0.2) is 59.5 Å². The van der Waals surface area contributed by atoms with E-state index in [1.54, 1.807) is 36.4 Å². The molecule has 0 saturated heterocycles. The summed E-state index contributed by atoms with van der Waals surface area (Å²) in [7, 11) is -3.47. The molecule has 0 atom stereocenters. The van der Waals surface area contributed by atoms with Gasteiger partial charge in [-0.05, 0) is 36.8 Å². The Balaban J connectivity index is 2.06. The van der Waals surface area contributed by atoms with E-state index in [9.17, 15) is 13.2 Å². The van der Waals surface area contributed by atoms with Gasteiger partial charge >= 0.3 is 6.03 Å². The zero-order valence-corrected chi connectivity index (χ0v) is 13.2. The molecule has 2 rings (SSSR count). The molecule has 122 valence electrons. The van der Waals surface area contributed by atoms with E-state index in [1.807, 2.05) is 6.07 Å². The van der Waals surface area contributed by atoms with Crippen molar-refractivity contribution in [2.45, 2.75) is 11.3 Å². The molecule has 0 aromatic heterocycles. The highest BCUT2D eigenvalue weighted by molar-refractivity contribution is 7.91. The van der Waals surface area contributed by atoms with E-state index >= 15 is 0 Å². The van der Waals surface area contributed by atoms with Crippen LogP contribution in [0.25, 0.3) is 0 Å². The Morgan fingerprint density at radius 2 is 1.61 bits per heavy atom. The summed E-state index contributed by atoms with van der Waals surface area (Å²) in [5.41, 5.74) is 1.01. The fraction of sp³-hybridized carbons (Fsp3) is 0.188. The third-order valence-corrected chi connectivity index (χ3v) is 4.85. The van der Waals surface area contributed by atoms with Crippen molar-refractivity contribution < 1.29 is 18.3 Å². The number of benzene rings is 2. The number of aliphatic hydroxyl groups is 1. The molecule has 0 unspecified atom stereocenters. The molecule has 7 heteroatoms. The third-order valence-electron chi connectivity index (χ3n) is 3.05. The van der Waals surface area contributed by atoms with Crippen LogP contribution in [0.2, 0.25) is 0 Å². The van der Waals surface area contributed by atoms with Gasteiger partial charge in [-0.1, -0.05) is 24.3 Å². The van der Waals surface area contributed by atoms with Gasteiger partial charge in [-0.3, -0.25) is 0 Å². The Bertz CT molecular complexity index is 761. The quantitative estimate of drug-likeness (QED) is 0.756. The Hall–Kier alpha value is -2.38. The summed E-state index contributed by atoms with van der Waals surface area (Å²) in [4.78, 5) is 12.0. The van der Waals surface area contributed by atoms with E-state index in [1.165, 1.54) is 12.1 Å². The van der Waals surface area contributed by atoms with Crippen molar-refractivity contribution in [1.29, 1.82) is 0 Å². The number of anilines is 2. The smallest absolute Gasteiger partial charge is 0.323 e. The van der Waals surface area contributed by atoms with Crippen LogP contribution in [0.3, 0.4) is 0 Å². The Morgan fingerprint density at radius 3 is 2.30 bits per heavy atom. The molecule has 0 aliphatic rings. The maximum Gasteiger partial charge on any atom is 0.323 e. The minimum Gasteiger partial charge on any atom is -0.396 e. The molecule has 0 aliphatic heterocycles. The van der Waals surface area contributed by atoms with Crippen LogP contribution in [-0.2, 0) is 9.84 Å². The van der Waals surface area contributed by atoms with Gasteiger partial charge in [-0.25, -0.2) is 13.2 Å². The second-order valence-corrected chi connectivity index (χ2v) is 6.98. The number of para-hydroxylation sites is 1. The van der Waals surface area contributed by atoms with E-state index in [-0.39, 0.29) is 23.7 Å². The number of hydrogen-bond donors (Lipinski definition) is 3. The van der Waals surface area contributed by atoms with Gasteiger partial charge in [0.15, 0.2) is 9.84 Å². The Morgan fingerprint density at radius 1 is 0.957 bits per heavy atom. The molecule has 2 amide bonds. The van der Waals surface area contributed by atoms with Crippen LogP contribution in [0.4, 0.5) is 16.2 Å². The van der Waals surface area contributed by atoms with E-state index in [0.717, 1.165) is 0 Å². The molecule has 6 nitrogen and oxygen atoms in total. The lowest BCUT2D eigenvalue weighted by Crippen LogP contribution is -2.19. The zero-order chi connectivity index (χ0) is 16.7. The first-order chi connectivity index (χ1) is 11.0. The molecule has 0 fully saturated rings. The number of carbonyl (C=O) groups excluding carboxylic acids is 1. The second kappa shape index (κ2) is 7.75. The van der Waals surface area contributed by atoms with Gasteiger partial charge in [-0.2, -0.15) is 0 Å². The highest BCUT2D eigenvalue weighted by atomic mass is 32.2. The van der Waals surface area contributed by atoms with Crippen molar-refractivity contribution in [3.63, 3.8) is 0 Å². The average Bonchev–Trinajstić information content (AvgIpc) is 2.54. The van der Waals surface area contributed by atoms with Crippen molar-refractivity contribution >= 4 is 27.2 Å². The summed E-state index contributed by atoms with van der Waals surface area (Å²) in [5.74, 6) is -0.136. The number of sulfone groups is 1. The molecule has 0 aliphatic carbocycles. The van der Waals surface area contributed by atoms with Gasteiger partial charge in [0, 0.05) is 18.0 Å². The number of amides is 2. The lowest BCUT2D eigenvalue weighted by molar-refractivity contribution is 0.262. The fourth-order valence-electron chi connectivity index (χ4n) is 1.95. The molecule has 2 aromatic carbocycles. The van der Waals surface area contributed by atoms with E-state index in [4.69, 9.17) is 5.11 Å². The highest BCUT2D eigenvalue weighted by Crippen LogP contribution is 2.18. The number of urea groups is 1. The number of hydrogen-bond acceptors (Lipinski definition) is 4. The van der Waals surface area contributed by atoms with Crippen molar-refractivity contribution in [2.75, 3.05) is 23.0 Å². The number of rotatable bonds is 6. The monoisotopic (exact) mass is 334 g/mol. The molecular formula is C16H18N2O4S. The lowest BCUT2D eigenvalue weighted by atomic mass is 10.3. The predicted octanol–water partition coefficient (Wildman–Crippen LogP) is 2.49. The molecule has 0 bridgehead atoms. The van der Waals surface area contributed by atoms with Crippen LogP contribution in [-0.4, -0.2) is 31.9 Å². The topological polar surface area (TPSA) is 95.5 Å². The maximum absolute atomic E-state index is 12.1.